The molecule has 22 heavy (non-hydrogen) atoms. The predicted octanol–water partition coefficient (Wildman–Crippen LogP) is -4.57. The van der Waals surface area contributed by atoms with Crippen LogP contribution >= 0.6 is 0 Å². The third-order valence-corrected chi connectivity index (χ3v) is 2.80. The maximum atomic E-state index is 11.4. The van der Waals surface area contributed by atoms with Crippen molar-refractivity contribution in [1.29, 1.82) is 0 Å². The summed E-state index contributed by atoms with van der Waals surface area (Å²) in [6, 6.07) is 0. The number of rotatable bonds is 11. The third kappa shape index (κ3) is 7.11. The molecule has 130 valence electrons. The van der Waals surface area contributed by atoms with Gasteiger partial charge in [0.25, 0.3) is 11.8 Å². The number of hydrogen-bond donors (Lipinski definition) is 8. The number of nitrogens with one attached hydrogen (secondary N) is 2. The Morgan fingerprint density at radius 1 is 0.727 bits per heavy atom. The lowest BCUT2D eigenvalue weighted by Gasteiger charge is -2.25. The van der Waals surface area contributed by atoms with Gasteiger partial charge in [-0.25, -0.2) is 0 Å². The lowest BCUT2D eigenvalue weighted by atomic mass is 10.0. The maximum Gasteiger partial charge on any atom is 0.251 e. The summed E-state index contributed by atoms with van der Waals surface area (Å²) in [7, 11) is 0. The molecule has 8 N–H and O–H groups in total. The van der Waals surface area contributed by atoms with Crippen LogP contribution < -0.4 is 10.6 Å². The Balaban J connectivity index is 4.39. The molecule has 0 saturated carbocycles. The van der Waals surface area contributed by atoms with Crippen LogP contribution in [-0.2, 0) is 9.59 Å². The van der Waals surface area contributed by atoms with E-state index in [0.717, 1.165) is 0 Å². The van der Waals surface area contributed by atoms with Gasteiger partial charge >= 0.3 is 0 Å². The SMILES string of the molecule is O=C(NCCCO)[C@@H](O)[C@@H](O)[C@H](O)[C@@H](O)C(=O)NCCCO. The predicted molar refractivity (Wildman–Crippen MR) is 73.5 cm³/mol. The highest BCUT2D eigenvalue weighted by Crippen LogP contribution is 2.06. The first kappa shape index (κ1) is 20.7. The van der Waals surface area contributed by atoms with Gasteiger partial charge in [0.2, 0.25) is 0 Å². The molecule has 0 bridgehead atoms. The Bertz CT molecular complexity index is 309. The van der Waals surface area contributed by atoms with Crippen LogP contribution in [0.2, 0.25) is 0 Å². The Hall–Kier alpha value is -1.30. The zero-order valence-corrected chi connectivity index (χ0v) is 12.1. The van der Waals surface area contributed by atoms with E-state index in [1.807, 2.05) is 0 Å². The first-order valence-electron chi connectivity index (χ1n) is 6.86. The fraction of sp³-hybridized carbons (Fsp3) is 0.833. The van der Waals surface area contributed by atoms with Crippen LogP contribution in [0.15, 0.2) is 0 Å². The van der Waals surface area contributed by atoms with Gasteiger partial charge in [-0.2, -0.15) is 0 Å². The Morgan fingerprint density at radius 3 is 1.32 bits per heavy atom. The van der Waals surface area contributed by atoms with E-state index in [0.29, 0.717) is 0 Å². The van der Waals surface area contributed by atoms with E-state index in [2.05, 4.69) is 10.6 Å². The van der Waals surface area contributed by atoms with Crippen molar-refractivity contribution in [1.82, 2.24) is 10.6 Å². The van der Waals surface area contributed by atoms with E-state index in [4.69, 9.17) is 10.2 Å². The van der Waals surface area contributed by atoms with Crippen molar-refractivity contribution in [2.75, 3.05) is 26.3 Å². The average Bonchev–Trinajstić information content (AvgIpc) is 2.52. The molecule has 0 radical (unpaired) electrons. The smallest absolute Gasteiger partial charge is 0.251 e. The molecule has 2 amide bonds. The highest BCUT2D eigenvalue weighted by Gasteiger charge is 2.37. The van der Waals surface area contributed by atoms with Crippen molar-refractivity contribution >= 4 is 11.8 Å². The van der Waals surface area contributed by atoms with Crippen LogP contribution in [0.25, 0.3) is 0 Å². The van der Waals surface area contributed by atoms with E-state index in [-0.39, 0.29) is 39.1 Å². The fourth-order valence-electron chi connectivity index (χ4n) is 1.47. The summed E-state index contributed by atoms with van der Waals surface area (Å²) in [6.45, 7) is -0.235. The first-order chi connectivity index (χ1) is 10.4. The van der Waals surface area contributed by atoms with Crippen molar-refractivity contribution in [3.63, 3.8) is 0 Å². The van der Waals surface area contributed by atoms with Crippen molar-refractivity contribution < 1.29 is 40.2 Å². The van der Waals surface area contributed by atoms with Gasteiger partial charge in [-0.05, 0) is 12.8 Å². The quantitative estimate of drug-likeness (QED) is 0.175. The monoisotopic (exact) mass is 324 g/mol. The second-order valence-corrected chi connectivity index (χ2v) is 4.61. The molecule has 0 rings (SSSR count). The molecule has 0 heterocycles. The van der Waals surface area contributed by atoms with Crippen molar-refractivity contribution in [2.45, 2.75) is 37.3 Å². The van der Waals surface area contributed by atoms with Gasteiger partial charge in [-0.1, -0.05) is 0 Å². The minimum atomic E-state index is -2.08. The molecule has 0 aromatic heterocycles. The van der Waals surface area contributed by atoms with Gasteiger partial charge in [-0.15, -0.1) is 0 Å². The van der Waals surface area contributed by atoms with Gasteiger partial charge in [0.15, 0.2) is 12.2 Å². The van der Waals surface area contributed by atoms with Crippen LogP contribution in [0.1, 0.15) is 12.8 Å². The standard InChI is InChI=1S/C12H24N2O8/c15-5-1-3-13-11(21)9(19)7(17)8(18)10(20)12(22)14-4-2-6-16/h7-10,15-20H,1-6H2,(H,13,21)(H,14,22)/t7-,8-,9-,10+/m0/s1. The minimum Gasteiger partial charge on any atom is -0.396 e. The number of carbonyl (C=O) groups is 2. The summed E-state index contributed by atoms with van der Waals surface area (Å²) < 4.78 is 0. The van der Waals surface area contributed by atoms with E-state index in [1.165, 1.54) is 0 Å². The first-order valence-corrected chi connectivity index (χ1v) is 6.86. The maximum absolute atomic E-state index is 11.4. The Labute approximate surface area is 127 Å². The third-order valence-electron chi connectivity index (χ3n) is 2.80. The molecular weight excluding hydrogens is 300 g/mol. The summed E-state index contributed by atoms with van der Waals surface area (Å²) in [5.41, 5.74) is 0. The molecule has 0 aliphatic carbocycles. The average molecular weight is 324 g/mol. The Kier molecular flexibility index (Phi) is 10.6. The Morgan fingerprint density at radius 2 is 1.05 bits per heavy atom. The van der Waals surface area contributed by atoms with Crippen LogP contribution in [0.5, 0.6) is 0 Å². The molecule has 0 spiro atoms. The highest BCUT2D eigenvalue weighted by atomic mass is 16.4. The van der Waals surface area contributed by atoms with E-state index in [1.54, 1.807) is 0 Å². The molecule has 0 aromatic rings. The highest BCUT2D eigenvalue weighted by molar-refractivity contribution is 5.83. The second kappa shape index (κ2) is 11.3. The molecule has 0 aromatic carbocycles. The number of aliphatic hydroxyl groups is 6. The zero-order valence-electron chi connectivity index (χ0n) is 12.1. The van der Waals surface area contributed by atoms with Gasteiger partial charge in [-0.3, -0.25) is 9.59 Å². The van der Waals surface area contributed by atoms with Crippen LogP contribution in [-0.4, -0.2) is 93.2 Å². The largest absolute Gasteiger partial charge is 0.396 e. The number of aliphatic hydroxyl groups excluding tert-OH is 6. The van der Waals surface area contributed by atoms with Gasteiger partial charge in [0, 0.05) is 26.3 Å². The molecule has 10 nitrogen and oxygen atoms in total. The number of amides is 2. The fourth-order valence-corrected chi connectivity index (χ4v) is 1.47. The summed E-state index contributed by atoms with van der Waals surface area (Å²) in [5.74, 6) is -2.01. The van der Waals surface area contributed by atoms with Gasteiger partial charge < -0.3 is 41.3 Å². The van der Waals surface area contributed by atoms with E-state index < -0.39 is 36.2 Å². The summed E-state index contributed by atoms with van der Waals surface area (Å²) in [5, 5.41) is 59.8. The van der Waals surface area contributed by atoms with Crippen molar-refractivity contribution in [2.24, 2.45) is 0 Å². The molecule has 4 atom stereocenters. The molecule has 0 saturated heterocycles. The van der Waals surface area contributed by atoms with Crippen LogP contribution in [0.4, 0.5) is 0 Å². The lowest BCUT2D eigenvalue weighted by molar-refractivity contribution is -0.155. The summed E-state index contributed by atoms with van der Waals surface area (Å²) >= 11 is 0. The molecule has 0 aliphatic heterocycles. The van der Waals surface area contributed by atoms with Crippen LogP contribution in [0.3, 0.4) is 0 Å². The summed E-state index contributed by atoms with van der Waals surface area (Å²) in [4.78, 5) is 22.9. The summed E-state index contributed by atoms with van der Waals surface area (Å²) in [6.07, 6.45) is -7.76. The van der Waals surface area contributed by atoms with E-state index >= 15 is 0 Å². The van der Waals surface area contributed by atoms with Gasteiger partial charge in [0.1, 0.15) is 12.2 Å². The minimum absolute atomic E-state index is 0.0550. The normalized spacial score (nSPS) is 16.5. The lowest BCUT2D eigenvalue weighted by Crippen LogP contribution is -2.54. The van der Waals surface area contributed by atoms with Crippen molar-refractivity contribution in [3.8, 4) is 0 Å². The molecule has 10 heteroatoms. The number of carbonyl (C=O) groups excluding carboxylic acids is 2. The molecule has 0 unspecified atom stereocenters. The van der Waals surface area contributed by atoms with Crippen molar-refractivity contribution in [3.05, 3.63) is 0 Å². The van der Waals surface area contributed by atoms with Gasteiger partial charge in [0.05, 0.1) is 0 Å². The number of hydrogen-bond acceptors (Lipinski definition) is 8. The zero-order chi connectivity index (χ0) is 17.1. The molecule has 0 aliphatic rings. The molecular formula is C12H24N2O8. The second-order valence-electron chi connectivity index (χ2n) is 4.61. The van der Waals surface area contributed by atoms with Crippen LogP contribution in [0, 0.1) is 0 Å². The molecule has 0 fully saturated rings. The van der Waals surface area contributed by atoms with E-state index in [9.17, 15) is 30.0 Å². The topological polar surface area (TPSA) is 180 Å².